The van der Waals surface area contributed by atoms with Crippen LogP contribution in [0.1, 0.15) is 12.8 Å². The standard InChI is InChI=1S/C13H18FN3O/c1-15-12(18)13(5-7-16-8-6-13)17-11-4-2-3-10(14)9-11/h2-4,9,16-17H,5-8H2,1H3,(H,15,18). The van der Waals surface area contributed by atoms with Gasteiger partial charge in [-0.1, -0.05) is 6.07 Å². The van der Waals surface area contributed by atoms with Crippen molar-refractivity contribution in [1.82, 2.24) is 10.6 Å². The lowest BCUT2D eigenvalue weighted by Gasteiger charge is -2.37. The van der Waals surface area contributed by atoms with Gasteiger partial charge in [-0.25, -0.2) is 4.39 Å². The van der Waals surface area contributed by atoms with Crippen LogP contribution in [0.4, 0.5) is 10.1 Å². The highest BCUT2D eigenvalue weighted by atomic mass is 19.1. The van der Waals surface area contributed by atoms with Crippen LogP contribution in [0.3, 0.4) is 0 Å². The molecule has 1 aliphatic rings. The Labute approximate surface area is 106 Å². The summed E-state index contributed by atoms with van der Waals surface area (Å²) in [6, 6.07) is 6.21. The predicted molar refractivity (Wildman–Crippen MR) is 68.9 cm³/mol. The van der Waals surface area contributed by atoms with Crippen molar-refractivity contribution in [2.24, 2.45) is 0 Å². The second kappa shape index (κ2) is 5.35. The zero-order chi connectivity index (χ0) is 13.0. The Morgan fingerprint density at radius 2 is 2.11 bits per heavy atom. The number of benzene rings is 1. The third-order valence-electron chi connectivity index (χ3n) is 3.33. The summed E-state index contributed by atoms with van der Waals surface area (Å²) in [5.41, 5.74) is -0.00569. The first kappa shape index (κ1) is 12.8. The molecule has 0 unspecified atom stereocenters. The maximum Gasteiger partial charge on any atom is 0.245 e. The first-order valence-corrected chi connectivity index (χ1v) is 6.13. The fourth-order valence-corrected chi connectivity index (χ4v) is 2.34. The topological polar surface area (TPSA) is 53.2 Å². The highest BCUT2D eigenvalue weighted by Gasteiger charge is 2.38. The van der Waals surface area contributed by atoms with E-state index in [-0.39, 0.29) is 11.7 Å². The second-order valence-corrected chi connectivity index (χ2v) is 4.55. The highest BCUT2D eigenvalue weighted by molar-refractivity contribution is 5.89. The van der Waals surface area contributed by atoms with Crippen LogP contribution in [0.25, 0.3) is 0 Å². The van der Waals surface area contributed by atoms with E-state index in [0.717, 1.165) is 13.1 Å². The molecule has 0 aliphatic carbocycles. The van der Waals surface area contributed by atoms with Gasteiger partial charge in [0.25, 0.3) is 0 Å². The molecule has 2 rings (SSSR count). The minimum absolute atomic E-state index is 0.0479. The third kappa shape index (κ3) is 2.61. The molecule has 1 fully saturated rings. The monoisotopic (exact) mass is 251 g/mol. The third-order valence-corrected chi connectivity index (χ3v) is 3.33. The molecule has 1 aliphatic heterocycles. The van der Waals surface area contributed by atoms with Gasteiger partial charge in [-0.2, -0.15) is 0 Å². The van der Waals surface area contributed by atoms with Gasteiger partial charge < -0.3 is 16.0 Å². The molecule has 0 aromatic heterocycles. The van der Waals surface area contributed by atoms with E-state index in [9.17, 15) is 9.18 Å². The Balaban J connectivity index is 2.22. The summed E-state index contributed by atoms with van der Waals surface area (Å²) in [6.45, 7) is 1.55. The van der Waals surface area contributed by atoms with E-state index in [2.05, 4.69) is 16.0 Å². The van der Waals surface area contributed by atoms with Gasteiger partial charge in [0.15, 0.2) is 0 Å². The van der Waals surface area contributed by atoms with Gasteiger partial charge in [0.1, 0.15) is 11.4 Å². The van der Waals surface area contributed by atoms with Crippen LogP contribution in [0.2, 0.25) is 0 Å². The van der Waals surface area contributed by atoms with Crippen LogP contribution < -0.4 is 16.0 Å². The average molecular weight is 251 g/mol. The number of amides is 1. The van der Waals surface area contributed by atoms with Crippen molar-refractivity contribution in [1.29, 1.82) is 0 Å². The summed E-state index contributed by atoms with van der Waals surface area (Å²) in [5, 5.41) is 9.10. The number of hydrogen-bond donors (Lipinski definition) is 3. The van der Waals surface area contributed by atoms with Gasteiger partial charge in [-0.05, 0) is 44.1 Å². The molecule has 1 amide bonds. The minimum atomic E-state index is -0.645. The molecule has 0 saturated carbocycles. The zero-order valence-electron chi connectivity index (χ0n) is 10.4. The van der Waals surface area contributed by atoms with Gasteiger partial charge in [0, 0.05) is 12.7 Å². The maximum absolute atomic E-state index is 13.2. The summed E-state index contributed by atoms with van der Waals surface area (Å²) in [6.07, 6.45) is 1.37. The van der Waals surface area contributed by atoms with Gasteiger partial charge in [0.05, 0.1) is 0 Å². The summed E-state index contributed by atoms with van der Waals surface area (Å²) < 4.78 is 13.2. The van der Waals surface area contributed by atoms with Crippen molar-refractivity contribution in [3.63, 3.8) is 0 Å². The molecule has 1 heterocycles. The number of halogens is 1. The van der Waals surface area contributed by atoms with Crippen molar-refractivity contribution < 1.29 is 9.18 Å². The molecule has 0 radical (unpaired) electrons. The lowest BCUT2D eigenvalue weighted by Crippen LogP contribution is -2.57. The molecule has 3 N–H and O–H groups in total. The Kier molecular flexibility index (Phi) is 3.81. The average Bonchev–Trinajstić information content (AvgIpc) is 2.39. The van der Waals surface area contributed by atoms with Crippen LogP contribution in [0.5, 0.6) is 0 Å². The molecular weight excluding hydrogens is 233 g/mol. The number of hydrogen-bond acceptors (Lipinski definition) is 3. The molecule has 0 atom stereocenters. The molecule has 4 nitrogen and oxygen atoms in total. The van der Waals surface area contributed by atoms with Gasteiger partial charge >= 0.3 is 0 Å². The summed E-state index contributed by atoms with van der Waals surface area (Å²) in [5.74, 6) is -0.353. The van der Waals surface area contributed by atoms with Crippen molar-refractivity contribution in [3.05, 3.63) is 30.1 Å². The van der Waals surface area contributed by atoms with E-state index in [1.807, 2.05) is 0 Å². The lowest BCUT2D eigenvalue weighted by molar-refractivity contribution is -0.125. The molecule has 0 bridgehead atoms. The largest absolute Gasteiger partial charge is 0.371 e. The summed E-state index contributed by atoms with van der Waals surface area (Å²) in [7, 11) is 1.62. The Hall–Kier alpha value is -1.62. The van der Waals surface area contributed by atoms with Crippen molar-refractivity contribution in [2.75, 3.05) is 25.5 Å². The number of carbonyl (C=O) groups is 1. The Morgan fingerprint density at radius 1 is 1.39 bits per heavy atom. The summed E-state index contributed by atoms with van der Waals surface area (Å²) in [4.78, 5) is 12.1. The molecule has 0 spiro atoms. The van der Waals surface area contributed by atoms with E-state index in [1.54, 1.807) is 19.2 Å². The van der Waals surface area contributed by atoms with Crippen LogP contribution in [0.15, 0.2) is 24.3 Å². The number of piperidine rings is 1. The van der Waals surface area contributed by atoms with Crippen molar-refractivity contribution >= 4 is 11.6 Å². The van der Waals surface area contributed by atoms with Gasteiger partial charge in [0.2, 0.25) is 5.91 Å². The number of nitrogens with one attached hydrogen (secondary N) is 3. The minimum Gasteiger partial charge on any atom is -0.371 e. The fourth-order valence-electron chi connectivity index (χ4n) is 2.34. The smallest absolute Gasteiger partial charge is 0.245 e. The first-order chi connectivity index (χ1) is 8.66. The fraction of sp³-hybridized carbons (Fsp3) is 0.462. The molecular formula is C13H18FN3O. The SMILES string of the molecule is CNC(=O)C1(Nc2cccc(F)c2)CCNCC1. The normalized spacial score (nSPS) is 18.1. The lowest BCUT2D eigenvalue weighted by atomic mass is 9.87. The predicted octanol–water partition coefficient (Wildman–Crippen LogP) is 1.11. The number of likely N-dealkylation sites (N-methyl/N-ethyl adjacent to an activating group) is 1. The summed E-state index contributed by atoms with van der Waals surface area (Å²) >= 11 is 0. The zero-order valence-corrected chi connectivity index (χ0v) is 10.4. The van der Waals surface area contributed by atoms with E-state index < -0.39 is 5.54 Å². The maximum atomic E-state index is 13.2. The van der Waals surface area contributed by atoms with Gasteiger partial charge in [-0.3, -0.25) is 4.79 Å². The molecule has 5 heteroatoms. The molecule has 1 aromatic carbocycles. The van der Waals surface area contributed by atoms with E-state index in [4.69, 9.17) is 0 Å². The number of carbonyl (C=O) groups excluding carboxylic acids is 1. The molecule has 1 saturated heterocycles. The molecule has 18 heavy (non-hydrogen) atoms. The van der Waals surface area contributed by atoms with Crippen LogP contribution in [0, 0.1) is 5.82 Å². The van der Waals surface area contributed by atoms with E-state index in [0.29, 0.717) is 18.5 Å². The molecule has 1 aromatic rings. The highest BCUT2D eigenvalue weighted by Crippen LogP contribution is 2.25. The Morgan fingerprint density at radius 3 is 2.72 bits per heavy atom. The van der Waals surface area contributed by atoms with Crippen LogP contribution in [-0.2, 0) is 4.79 Å². The van der Waals surface area contributed by atoms with Crippen LogP contribution >= 0.6 is 0 Å². The van der Waals surface area contributed by atoms with E-state index >= 15 is 0 Å². The van der Waals surface area contributed by atoms with Crippen molar-refractivity contribution in [3.8, 4) is 0 Å². The Bertz CT molecular complexity index is 430. The second-order valence-electron chi connectivity index (χ2n) is 4.55. The van der Waals surface area contributed by atoms with Gasteiger partial charge in [-0.15, -0.1) is 0 Å². The van der Waals surface area contributed by atoms with Crippen LogP contribution in [-0.4, -0.2) is 31.6 Å². The number of anilines is 1. The first-order valence-electron chi connectivity index (χ1n) is 6.13. The van der Waals surface area contributed by atoms with Crippen molar-refractivity contribution in [2.45, 2.75) is 18.4 Å². The number of rotatable bonds is 3. The van der Waals surface area contributed by atoms with E-state index in [1.165, 1.54) is 12.1 Å². The molecule has 98 valence electrons. The quantitative estimate of drug-likeness (QED) is 0.754.